The van der Waals surface area contributed by atoms with Gasteiger partial charge < -0.3 is 14.2 Å². The van der Waals surface area contributed by atoms with E-state index in [4.69, 9.17) is 14.2 Å². The van der Waals surface area contributed by atoms with Crippen LogP contribution in [0.15, 0.2) is 30.3 Å². The van der Waals surface area contributed by atoms with Crippen molar-refractivity contribution >= 4 is 10.8 Å². The van der Waals surface area contributed by atoms with Gasteiger partial charge in [0.15, 0.2) is 11.5 Å². The molecular formula is C21H30O3. The van der Waals surface area contributed by atoms with E-state index in [2.05, 4.69) is 33.8 Å². The molecule has 0 N–H and O–H groups in total. The van der Waals surface area contributed by atoms with E-state index < -0.39 is 0 Å². The van der Waals surface area contributed by atoms with Crippen molar-refractivity contribution in [2.24, 2.45) is 11.8 Å². The van der Waals surface area contributed by atoms with E-state index >= 15 is 0 Å². The van der Waals surface area contributed by atoms with E-state index in [1.165, 1.54) is 0 Å². The topological polar surface area (TPSA) is 27.7 Å². The summed E-state index contributed by atoms with van der Waals surface area (Å²) < 4.78 is 17.6. The molecule has 0 saturated carbocycles. The van der Waals surface area contributed by atoms with Crippen LogP contribution in [0.1, 0.15) is 40.5 Å². The van der Waals surface area contributed by atoms with E-state index in [1.807, 2.05) is 24.3 Å². The number of methoxy groups -OCH3 is 1. The van der Waals surface area contributed by atoms with Crippen molar-refractivity contribution in [2.75, 3.05) is 20.3 Å². The largest absolute Gasteiger partial charge is 0.493 e. The first-order valence-corrected chi connectivity index (χ1v) is 8.88. The van der Waals surface area contributed by atoms with Crippen molar-refractivity contribution in [1.29, 1.82) is 0 Å². The number of fused-ring (bicyclic) bond motifs is 1. The van der Waals surface area contributed by atoms with Gasteiger partial charge in [-0.25, -0.2) is 0 Å². The molecule has 0 atom stereocenters. The van der Waals surface area contributed by atoms with Crippen LogP contribution < -0.4 is 14.2 Å². The molecular weight excluding hydrogens is 300 g/mol. The Kier molecular flexibility index (Phi) is 6.77. The molecule has 2 rings (SSSR count). The molecule has 3 nitrogen and oxygen atoms in total. The zero-order valence-corrected chi connectivity index (χ0v) is 15.6. The van der Waals surface area contributed by atoms with Crippen LogP contribution in [0.2, 0.25) is 0 Å². The maximum Gasteiger partial charge on any atom is 0.169 e. The van der Waals surface area contributed by atoms with Crippen molar-refractivity contribution in [2.45, 2.75) is 40.5 Å². The van der Waals surface area contributed by atoms with Gasteiger partial charge in [-0.05, 0) is 42.9 Å². The standard InChI is InChI=1S/C21H30O3/c1-15(2)11-13-23-19-8-6-7-18-17(19)9-10-20(22-5)21(18)24-14-12-16(3)4/h6-10,15-16H,11-14H2,1-5H3. The highest BCUT2D eigenvalue weighted by Gasteiger charge is 2.13. The van der Waals surface area contributed by atoms with E-state index in [0.717, 1.165) is 47.5 Å². The average molecular weight is 330 g/mol. The van der Waals surface area contributed by atoms with Gasteiger partial charge in [0.05, 0.1) is 20.3 Å². The molecule has 3 heteroatoms. The van der Waals surface area contributed by atoms with Crippen molar-refractivity contribution in [3.8, 4) is 17.2 Å². The minimum absolute atomic E-state index is 0.612. The summed E-state index contributed by atoms with van der Waals surface area (Å²) in [7, 11) is 1.68. The van der Waals surface area contributed by atoms with E-state index in [9.17, 15) is 0 Å². The van der Waals surface area contributed by atoms with E-state index in [1.54, 1.807) is 7.11 Å². The molecule has 0 fully saturated rings. The van der Waals surface area contributed by atoms with Crippen LogP contribution in [0.3, 0.4) is 0 Å². The Morgan fingerprint density at radius 1 is 0.750 bits per heavy atom. The van der Waals surface area contributed by atoms with Crippen LogP contribution in [-0.2, 0) is 0 Å². The molecule has 0 bridgehead atoms. The molecule has 0 unspecified atom stereocenters. The van der Waals surface area contributed by atoms with Crippen LogP contribution in [0.25, 0.3) is 10.8 Å². The summed E-state index contributed by atoms with van der Waals surface area (Å²) in [5.41, 5.74) is 0. The van der Waals surface area contributed by atoms with Crippen molar-refractivity contribution < 1.29 is 14.2 Å². The summed E-state index contributed by atoms with van der Waals surface area (Å²) in [6.07, 6.45) is 2.06. The summed E-state index contributed by atoms with van der Waals surface area (Å²) in [5, 5.41) is 2.11. The van der Waals surface area contributed by atoms with Gasteiger partial charge in [-0.2, -0.15) is 0 Å². The summed E-state index contributed by atoms with van der Waals surface area (Å²) in [5.74, 6) is 3.73. The first kappa shape index (κ1) is 18.4. The van der Waals surface area contributed by atoms with E-state index in [0.29, 0.717) is 18.4 Å². The summed E-state index contributed by atoms with van der Waals surface area (Å²) in [6, 6.07) is 10.1. The zero-order valence-electron chi connectivity index (χ0n) is 15.6. The Morgan fingerprint density at radius 3 is 2.04 bits per heavy atom. The molecule has 2 aromatic carbocycles. The van der Waals surface area contributed by atoms with Gasteiger partial charge in [-0.15, -0.1) is 0 Å². The first-order chi connectivity index (χ1) is 11.5. The van der Waals surface area contributed by atoms with Crippen LogP contribution >= 0.6 is 0 Å². The number of rotatable bonds is 9. The average Bonchev–Trinajstić information content (AvgIpc) is 2.54. The molecule has 2 aromatic rings. The summed E-state index contributed by atoms with van der Waals surface area (Å²) in [6.45, 7) is 10.2. The maximum atomic E-state index is 6.07. The molecule has 0 radical (unpaired) electrons. The lowest BCUT2D eigenvalue weighted by molar-refractivity contribution is 0.276. The fourth-order valence-electron chi connectivity index (χ4n) is 2.52. The molecule has 0 spiro atoms. The third kappa shape index (κ3) is 4.80. The second kappa shape index (κ2) is 8.81. The van der Waals surface area contributed by atoms with Crippen LogP contribution in [0.5, 0.6) is 17.2 Å². The fraction of sp³-hybridized carbons (Fsp3) is 0.524. The highest BCUT2D eigenvalue weighted by atomic mass is 16.5. The van der Waals surface area contributed by atoms with Crippen LogP contribution in [0.4, 0.5) is 0 Å². The Labute approximate surface area is 145 Å². The minimum atomic E-state index is 0.612. The maximum absolute atomic E-state index is 6.07. The van der Waals surface area contributed by atoms with Gasteiger partial charge in [0.25, 0.3) is 0 Å². The molecule has 0 aliphatic carbocycles. The predicted molar refractivity (Wildman–Crippen MR) is 100 cm³/mol. The molecule has 0 aliphatic heterocycles. The number of benzene rings is 2. The molecule has 0 saturated heterocycles. The van der Waals surface area contributed by atoms with Crippen LogP contribution in [0, 0.1) is 11.8 Å². The molecule has 0 heterocycles. The van der Waals surface area contributed by atoms with Crippen molar-refractivity contribution in [3.63, 3.8) is 0 Å². The third-order valence-corrected chi connectivity index (χ3v) is 4.05. The Morgan fingerprint density at radius 2 is 1.42 bits per heavy atom. The first-order valence-electron chi connectivity index (χ1n) is 8.88. The molecule has 24 heavy (non-hydrogen) atoms. The quantitative estimate of drug-likeness (QED) is 0.590. The minimum Gasteiger partial charge on any atom is -0.493 e. The highest BCUT2D eigenvalue weighted by Crippen LogP contribution is 2.39. The second-order valence-corrected chi connectivity index (χ2v) is 7.01. The van der Waals surface area contributed by atoms with E-state index in [-0.39, 0.29) is 0 Å². The molecule has 0 aromatic heterocycles. The normalized spacial score (nSPS) is 11.3. The van der Waals surface area contributed by atoms with Gasteiger partial charge in [0.2, 0.25) is 0 Å². The van der Waals surface area contributed by atoms with Gasteiger partial charge in [-0.1, -0.05) is 39.8 Å². The number of ether oxygens (including phenoxy) is 3. The predicted octanol–water partition coefficient (Wildman–Crippen LogP) is 5.70. The Bertz CT molecular complexity index is 647. The number of hydrogen-bond donors (Lipinski definition) is 0. The lowest BCUT2D eigenvalue weighted by Crippen LogP contribution is -2.04. The zero-order chi connectivity index (χ0) is 17.5. The Balaban J connectivity index is 2.29. The third-order valence-electron chi connectivity index (χ3n) is 4.05. The lowest BCUT2D eigenvalue weighted by Gasteiger charge is -2.16. The molecule has 0 aliphatic rings. The Hall–Kier alpha value is -1.90. The summed E-state index contributed by atoms with van der Waals surface area (Å²) >= 11 is 0. The van der Waals surface area contributed by atoms with Gasteiger partial charge >= 0.3 is 0 Å². The highest BCUT2D eigenvalue weighted by molar-refractivity contribution is 5.95. The van der Waals surface area contributed by atoms with Crippen molar-refractivity contribution in [1.82, 2.24) is 0 Å². The van der Waals surface area contributed by atoms with Gasteiger partial charge in [0.1, 0.15) is 5.75 Å². The number of hydrogen-bond acceptors (Lipinski definition) is 3. The van der Waals surface area contributed by atoms with Gasteiger partial charge in [0, 0.05) is 10.8 Å². The summed E-state index contributed by atoms with van der Waals surface area (Å²) in [4.78, 5) is 0. The smallest absolute Gasteiger partial charge is 0.169 e. The SMILES string of the molecule is COc1ccc2c(OCCC(C)C)cccc2c1OCCC(C)C. The monoisotopic (exact) mass is 330 g/mol. The fourth-order valence-corrected chi connectivity index (χ4v) is 2.52. The molecule has 0 amide bonds. The second-order valence-electron chi connectivity index (χ2n) is 7.01. The van der Waals surface area contributed by atoms with Crippen LogP contribution in [-0.4, -0.2) is 20.3 Å². The van der Waals surface area contributed by atoms with Crippen molar-refractivity contribution in [3.05, 3.63) is 30.3 Å². The van der Waals surface area contributed by atoms with Gasteiger partial charge in [-0.3, -0.25) is 0 Å². The molecule has 132 valence electrons. The lowest BCUT2D eigenvalue weighted by atomic mass is 10.1.